The molecule has 0 spiro atoms. The van der Waals surface area contributed by atoms with E-state index in [0.29, 0.717) is 17.0 Å². The normalized spacial score (nSPS) is 12.0. The molecule has 0 aliphatic heterocycles. The summed E-state index contributed by atoms with van der Waals surface area (Å²) in [6, 6.07) is 29.2. The molecule has 0 bridgehead atoms. The highest BCUT2D eigenvalue weighted by molar-refractivity contribution is 5.93. The average Bonchev–Trinajstić information content (AvgIpc) is 3.12. The summed E-state index contributed by atoms with van der Waals surface area (Å²) in [5.74, 6) is 0.388. The van der Waals surface area contributed by atoms with Crippen LogP contribution in [0.4, 0.5) is 10.2 Å². The predicted octanol–water partition coefficient (Wildman–Crippen LogP) is 6.28. The molecule has 5 aromatic rings. The van der Waals surface area contributed by atoms with Gasteiger partial charge in [0.05, 0.1) is 17.3 Å². The van der Waals surface area contributed by atoms with E-state index in [1.54, 1.807) is 18.3 Å². The van der Waals surface area contributed by atoms with Crippen LogP contribution in [0.15, 0.2) is 103 Å². The van der Waals surface area contributed by atoms with Crippen molar-refractivity contribution >= 4 is 16.7 Å². The zero-order chi connectivity index (χ0) is 21.2. The van der Waals surface area contributed by atoms with Gasteiger partial charge in [0.2, 0.25) is 0 Å². The fourth-order valence-corrected chi connectivity index (χ4v) is 3.99. The SMILES string of the molecule is On1c(-c2ccccc2)c(C(Nc2ccccn2)c2ccc(F)cc2)c2ccccc21. The van der Waals surface area contributed by atoms with Crippen molar-refractivity contribution in [1.82, 2.24) is 9.71 Å². The van der Waals surface area contributed by atoms with E-state index in [1.165, 1.54) is 16.9 Å². The lowest BCUT2D eigenvalue weighted by molar-refractivity contribution is 0.204. The highest BCUT2D eigenvalue weighted by atomic mass is 19.1. The molecule has 4 nitrogen and oxygen atoms in total. The zero-order valence-corrected chi connectivity index (χ0v) is 16.6. The number of anilines is 1. The summed E-state index contributed by atoms with van der Waals surface area (Å²) in [7, 11) is 0. The maximum absolute atomic E-state index is 13.7. The van der Waals surface area contributed by atoms with E-state index in [4.69, 9.17) is 0 Å². The number of hydrogen-bond donors (Lipinski definition) is 2. The van der Waals surface area contributed by atoms with E-state index in [-0.39, 0.29) is 11.9 Å². The molecule has 3 aromatic carbocycles. The van der Waals surface area contributed by atoms with E-state index in [9.17, 15) is 9.60 Å². The molecule has 1 atom stereocenters. The third-order valence-electron chi connectivity index (χ3n) is 5.39. The van der Waals surface area contributed by atoms with E-state index in [1.807, 2.05) is 72.8 Å². The molecule has 5 heteroatoms. The first-order valence-electron chi connectivity index (χ1n) is 10.0. The van der Waals surface area contributed by atoms with Gasteiger partial charge in [0, 0.05) is 22.7 Å². The van der Waals surface area contributed by atoms with Gasteiger partial charge in [-0.1, -0.05) is 66.7 Å². The summed E-state index contributed by atoms with van der Waals surface area (Å²) in [4.78, 5) is 4.42. The molecular formula is C26H20FN3O. The third-order valence-corrected chi connectivity index (χ3v) is 5.39. The Morgan fingerprint density at radius 3 is 2.26 bits per heavy atom. The monoisotopic (exact) mass is 409 g/mol. The molecule has 2 aromatic heterocycles. The Balaban J connectivity index is 1.79. The van der Waals surface area contributed by atoms with Gasteiger partial charge in [-0.05, 0) is 35.9 Å². The second kappa shape index (κ2) is 7.95. The Morgan fingerprint density at radius 2 is 1.52 bits per heavy atom. The minimum Gasteiger partial charge on any atom is -0.428 e. The van der Waals surface area contributed by atoms with E-state index >= 15 is 0 Å². The van der Waals surface area contributed by atoms with Crippen LogP contribution in [0.25, 0.3) is 22.2 Å². The molecule has 0 saturated heterocycles. The number of pyridine rings is 1. The van der Waals surface area contributed by atoms with Crippen molar-refractivity contribution in [3.8, 4) is 11.3 Å². The summed E-state index contributed by atoms with van der Waals surface area (Å²) < 4.78 is 14.9. The molecule has 0 amide bonds. The van der Waals surface area contributed by atoms with Crippen LogP contribution in [0.5, 0.6) is 0 Å². The van der Waals surface area contributed by atoms with Crippen LogP contribution in [0.2, 0.25) is 0 Å². The third kappa shape index (κ3) is 3.51. The summed E-state index contributed by atoms with van der Waals surface area (Å²) in [5, 5.41) is 15.5. The van der Waals surface area contributed by atoms with Crippen LogP contribution in [0, 0.1) is 5.82 Å². The lowest BCUT2D eigenvalue weighted by Crippen LogP contribution is -2.14. The van der Waals surface area contributed by atoms with Crippen LogP contribution in [-0.2, 0) is 0 Å². The van der Waals surface area contributed by atoms with E-state index < -0.39 is 0 Å². The number of benzene rings is 3. The van der Waals surface area contributed by atoms with Crippen molar-refractivity contribution in [1.29, 1.82) is 0 Å². The van der Waals surface area contributed by atoms with Gasteiger partial charge in [-0.3, -0.25) is 0 Å². The standard InChI is InChI=1S/C26H20FN3O/c27-20-15-13-18(14-16-20)25(29-23-12-6-7-17-28-23)24-21-10-4-5-11-22(21)30(31)26(24)19-8-2-1-3-9-19/h1-17,25,31H,(H,28,29). The van der Waals surface area contributed by atoms with Gasteiger partial charge in [0.25, 0.3) is 0 Å². The van der Waals surface area contributed by atoms with Crippen LogP contribution in [0.3, 0.4) is 0 Å². The fourth-order valence-electron chi connectivity index (χ4n) is 3.99. The van der Waals surface area contributed by atoms with Crippen LogP contribution >= 0.6 is 0 Å². The number of nitrogens with zero attached hydrogens (tertiary/aromatic N) is 2. The second-order valence-corrected chi connectivity index (χ2v) is 7.30. The molecule has 2 N–H and O–H groups in total. The number of hydrogen-bond acceptors (Lipinski definition) is 3. The van der Waals surface area contributed by atoms with Crippen molar-refractivity contribution < 1.29 is 9.60 Å². The number of rotatable bonds is 5. The number of halogens is 1. The molecule has 2 heterocycles. The van der Waals surface area contributed by atoms with E-state index in [0.717, 1.165) is 22.1 Å². The van der Waals surface area contributed by atoms with Gasteiger partial charge in [0.15, 0.2) is 0 Å². The molecular weight excluding hydrogens is 389 g/mol. The maximum atomic E-state index is 13.7. The van der Waals surface area contributed by atoms with Gasteiger partial charge in [-0.15, -0.1) is 0 Å². The quantitative estimate of drug-likeness (QED) is 0.336. The largest absolute Gasteiger partial charge is 0.428 e. The molecule has 5 rings (SSSR count). The molecule has 0 aliphatic carbocycles. The number of fused-ring (bicyclic) bond motifs is 1. The van der Waals surface area contributed by atoms with Crippen molar-refractivity contribution in [2.24, 2.45) is 0 Å². The predicted molar refractivity (Wildman–Crippen MR) is 121 cm³/mol. The number of para-hydroxylation sites is 1. The van der Waals surface area contributed by atoms with Gasteiger partial charge in [-0.25, -0.2) is 9.37 Å². The van der Waals surface area contributed by atoms with Gasteiger partial charge in [-0.2, -0.15) is 4.73 Å². The van der Waals surface area contributed by atoms with Gasteiger partial charge >= 0.3 is 0 Å². The first-order valence-corrected chi connectivity index (χ1v) is 10.0. The molecule has 31 heavy (non-hydrogen) atoms. The van der Waals surface area contributed by atoms with Crippen molar-refractivity contribution in [3.05, 3.63) is 120 Å². The molecule has 0 aliphatic rings. The Kier molecular flexibility index (Phi) is 4.84. The minimum atomic E-state index is -0.371. The molecule has 0 radical (unpaired) electrons. The summed E-state index contributed by atoms with van der Waals surface area (Å²) in [6.07, 6.45) is 1.72. The van der Waals surface area contributed by atoms with Crippen molar-refractivity contribution in [2.45, 2.75) is 6.04 Å². The Labute approximate surface area is 179 Å². The lowest BCUT2D eigenvalue weighted by atomic mass is 9.93. The molecule has 0 fully saturated rings. The second-order valence-electron chi connectivity index (χ2n) is 7.30. The Morgan fingerprint density at radius 1 is 0.806 bits per heavy atom. The Bertz CT molecular complexity index is 1320. The van der Waals surface area contributed by atoms with Crippen molar-refractivity contribution in [2.75, 3.05) is 5.32 Å². The van der Waals surface area contributed by atoms with E-state index in [2.05, 4.69) is 10.3 Å². The van der Waals surface area contributed by atoms with Gasteiger partial charge < -0.3 is 10.5 Å². The maximum Gasteiger partial charge on any atom is 0.126 e. The molecule has 152 valence electrons. The first kappa shape index (κ1) is 18.9. The topological polar surface area (TPSA) is 50.1 Å². The van der Waals surface area contributed by atoms with Crippen LogP contribution in [0.1, 0.15) is 17.2 Å². The minimum absolute atomic E-state index is 0.298. The number of nitrogens with one attached hydrogen (secondary N) is 1. The highest BCUT2D eigenvalue weighted by Crippen LogP contribution is 2.40. The smallest absolute Gasteiger partial charge is 0.126 e. The highest BCUT2D eigenvalue weighted by Gasteiger charge is 2.26. The summed E-state index contributed by atoms with van der Waals surface area (Å²) in [6.45, 7) is 0. The first-order chi connectivity index (χ1) is 15.2. The molecule has 1 unspecified atom stereocenters. The van der Waals surface area contributed by atoms with Crippen molar-refractivity contribution in [3.63, 3.8) is 0 Å². The van der Waals surface area contributed by atoms with Crippen LogP contribution < -0.4 is 5.32 Å². The Hall–Kier alpha value is -4.12. The fraction of sp³-hybridized carbons (Fsp3) is 0.0385. The summed E-state index contributed by atoms with van der Waals surface area (Å²) >= 11 is 0. The summed E-state index contributed by atoms with van der Waals surface area (Å²) in [5.41, 5.74) is 4.01. The molecule has 0 saturated carbocycles. The van der Waals surface area contributed by atoms with Crippen LogP contribution in [-0.4, -0.2) is 14.9 Å². The lowest BCUT2D eigenvalue weighted by Gasteiger charge is -2.22. The van der Waals surface area contributed by atoms with Gasteiger partial charge in [0.1, 0.15) is 11.6 Å². The number of aromatic nitrogens is 2. The average molecular weight is 409 g/mol. The zero-order valence-electron chi connectivity index (χ0n) is 16.6.